The molecule has 0 amide bonds. The number of fused-ring (bicyclic) bond motifs is 5. The van der Waals surface area contributed by atoms with Crippen molar-refractivity contribution in [1.82, 2.24) is 10.2 Å². The lowest BCUT2D eigenvalue weighted by atomic mass is 9.78. The molecule has 2 aromatic carbocycles. The zero-order valence-electron chi connectivity index (χ0n) is 25.5. The third-order valence-electron chi connectivity index (χ3n) is 9.97. The van der Waals surface area contributed by atoms with Crippen LogP contribution in [0.3, 0.4) is 0 Å². The van der Waals surface area contributed by atoms with Crippen LogP contribution < -0.4 is 4.90 Å². The van der Waals surface area contributed by atoms with Gasteiger partial charge in [-0.2, -0.15) is 4.58 Å². The summed E-state index contributed by atoms with van der Waals surface area (Å²) in [6.45, 7) is 11.7. The molecule has 0 radical (unpaired) electrons. The molecule has 0 N–H and O–H groups in total. The van der Waals surface area contributed by atoms with E-state index >= 15 is 0 Å². The number of para-hydroxylation sites is 2. The van der Waals surface area contributed by atoms with Crippen molar-refractivity contribution in [2.45, 2.75) is 72.9 Å². The minimum atomic E-state index is 0.0133. The van der Waals surface area contributed by atoms with E-state index in [1.54, 1.807) is 23.1 Å². The maximum atomic E-state index is 4.58. The van der Waals surface area contributed by atoms with Gasteiger partial charge in [0.15, 0.2) is 20.9 Å². The van der Waals surface area contributed by atoms with Crippen molar-refractivity contribution in [3.05, 3.63) is 105 Å². The molecule has 5 heterocycles. The van der Waals surface area contributed by atoms with Crippen molar-refractivity contribution in [3.8, 4) is 0 Å². The molecule has 3 aromatic rings. The van der Waals surface area contributed by atoms with E-state index in [1.807, 2.05) is 11.8 Å². The van der Waals surface area contributed by atoms with Gasteiger partial charge < -0.3 is 4.90 Å². The first-order chi connectivity index (χ1) is 20.8. The molecule has 0 saturated carbocycles. The highest BCUT2D eigenvalue weighted by atomic mass is 32.2. The highest BCUT2D eigenvalue weighted by Gasteiger charge is 2.50. The third kappa shape index (κ3) is 4.22. The number of rotatable bonds is 5. The van der Waals surface area contributed by atoms with Crippen LogP contribution in [0.5, 0.6) is 0 Å². The topological polar surface area (TPSA) is 32.0 Å². The van der Waals surface area contributed by atoms with E-state index in [0.29, 0.717) is 0 Å². The number of hydrogen-bond acceptors (Lipinski definition) is 6. The van der Waals surface area contributed by atoms with Gasteiger partial charge in [0.2, 0.25) is 5.69 Å². The second kappa shape index (κ2) is 10.1. The Morgan fingerprint density at radius 2 is 1.56 bits per heavy atom. The van der Waals surface area contributed by atoms with E-state index in [-0.39, 0.29) is 10.8 Å². The van der Waals surface area contributed by atoms with E-state index in [0.717, 1.165) is 47.5 Å². The molecule has 0 spiro atoms. The zero-order chi connectivity index (χ0) is 29.5. The molecule has 4 aliphatic heterocycles. The first-order valence-corrected chi connectivity index (χ1v) is 18.2. The number of benzene rings is 2. The standard InChI is InChI=1S/C36H37N4S3/c1-35(2)26-10-6-8-12-28(26)39-18-16-24(31(35)39)20-22-14-15-23(30(22)42-34-38-37-33(41-5)43-34)21-25-17-19-40-29-13-9-7-11-27(29)36(3,4)32(25)40/h6-13,20-21H,14-19H2,1-5H3/q+1. The number of nitrogens with zero attached hydrogens (tertiary/aromatic N) is 4. The molecular weight excluding hydrogens is 585 g/mol. The Morgan fingerprint density at radius 3 is 2.37 bits per heavy atom. The fourth-order valence-electron chi connectivity index (χ4n) is 8.18. The zero-order valence-corrected chi connectivity index (χ0v) is 28.0. The Kier molecular flexibility index (Phi) is 6.48. The number of thioether (sulfide) groups is 2. The summed E-state index contributed by atoms with van der Waals surface area (Å²) in [6.07, 6.45) is 11.5. The largest absolute Gasteiger partial charge is 0.343 e. The molecule has 5 aliphatic rings. The second-order valence-corrected chi connectivity index (χ2v) is 16.4. The van der Waals surface area contributed by atoms with Crippen molar-refractivity contribution in [2.24, 2.45) is 0 Å². The number of allylic oxidation sites excluding steroid dienone is 5. The lowest BCUT2D eigenvalue weighted by Crippen LogP contribution is -2.27. The Morgan fingerprint density at radius 1 is 0.814 bits per heavy atom. The Hall–Kier alpha value is -2.87. The minimum absolute atomic E-state index is 0.0133. The maximum Gasteiger partial charge on any atom is 0.209 e. The Balaban J connectivity index is 1.23. The molecule has 4 nitrogen and oxygen atoms in total. The third-order valence-corrected chi connectivity index (χ3v) is 13.2. The first-order valence-electron chi connectivity index (χ1n) is 15.3. The van der Waals surface area contributed by atoms with Gasteiger partial charge in [-0.3, -0.25) is 0 Å². The first kappa shape index (κ1) is 27.7. The molecule has 0 fully saturated rings. The molecular formula is C36H37N4S3+. The van der Waals surface area contributed by atoms with Crippen LogP contribution in [0.4, 0.5) is 11.4 Å². The molecule has 8 rings (SSSR count). The van der Waals surface area contributed by atoms with Crippen LogP contribution >= 0.6 is 34.9 Å². The van der Waals surface area contributed by atoms with Gasteiger partial charge in [-0.25, -0.2) is 0 Å². The van der Waals surface area contributed by atoms with Crippen LogP contribution in [0, 0.1) is 0 Å². The molecule has 1 aromatic heterocycles. The normalized spacial score (nSPS) is 23.2. The van der Waals surface area contributed by atoms with Crippen molar-refractivity contribution >= 4 is 51.9 Å². The van der Waals surface area contributed by atoms with E-state index < -0.39 is 0 Å². The van der Waals surface area contributed by atoms with E-state index in [9.17, 15) is 0 Å². The molecule has 0 bridgehead atoms. The van der Waals surface area contributed by atoms with E-state index in [2.05, 4.69) is 114 Å². The molecule has 1 aliphatic carbocycles. The summed E-state index contributed by atoms with van der Waals surface area (Å²) in [5, 5.41) is 9.02. The second-order valence-electron chi connectivity index (χ2n) is 13.1. The van der Waals surface area contributed by atoms with Gasteiger partial charge in [-0.05, 0) is 73.8 Å². The fourth-order valence-corrected chi connectivity index (χ4v) is 10.8. The SMILES string of the molecule is CSc1nnc(SC2=C(C=C3CC[N+]4=C3C(C)(C)c3ccccc34)CCC2=CC2=C3N(CC2)c2ccccc2C3(C)C)s1. The summed E-state index contributed by atoms with van der Waals surface area (Å²) in [6, 6.07) is 18.0. The summed E-state index contributed by atoms with van der Waals surface area (Å²) >= 11 is 5.22. The lowest BCUT2D eigenvalue weighted by Gasteiger charge is -2.23. The van der Waals surface area contributed by atoms with Gasteiger partial charge >= 0.3 is 0 Å². The predicted octanol–water partition coefficient (Wildman–Crippen LogP) is 9.19. The van der Waals surface area contributed by atoms with Gasteiger partial charge in [0, 0.05) is 51.9 Å². The smallest absolute Gasteiger partial charge is 0.209 e. The van der Waals surface area contributed by atoms with Gasteiger partial charge in [0.1, 0.15) is 0 Å². The number of anilines is 1. The molecule has 0 atom stereocenters. The van der Waals surface area contributed by atoms with Crippen LogP contribution in [0.15, 0.2) is 102 Å². The van der Waals surface area contributed by atoms with E-state index in [4.69, 9.17) is 0 Å². The summed E-state index contributed by atoms with van der Waals surface area (Å²) in [5.74, 6) is 0. The fraction of sp³-hybridized carbons (Fsp3) is 0.361. The van der Waals surface area contributed by atoms with Crippen molar-refractivity contribution < 1.29 is 4.58 Å². The van der Waals surface area contributed by atoms with Crippen molar-refractivity contribution in [1.29, 1.82) is 0 Å². The molecule has 0 unspecified atom stereocenters. The van der Waals surface area contributed by atoms with Crippen LogP contribution in [0.1, 0.15) is 64.5 Å². The number of aromatic nitrogens is 2. The maximum absolute atomic E-state index is 4.58. The van der Waals surface area contributed by atoms with Gasteiger partial charge in [-0.15, -0.1) is 10.2 Å². The predicted molar refractivity (Wildman–Crippen MR) is 182 cm³/mol. The summed E-state index contributed by atoms with van der Waals surface area (Å²) in [5.41, 5.74) is 14.6. The molecule has 218 valence electrons. The van der Waals surface area contributed by atoms with Crippen molar-refractivity contribution in [2.75, 3.05) is 24.2 Å². The van der Waals surface area contributed by atoms with Gasteiger partial charge in [-0.1, -0.05) is 91.2 Å². The average Bonchev–Trinajstić information content (AvgIpc) is 3.84. The summed E-state index contributed by atoms with van der Waals surface area (Å²) in [4.78, 5) is 3.97. The van der Waals surface area contributed by atoms with Crippen LogP contribution in [0.2, 0.25) is 0 Å². The van der Waals surface area contributed by atoms with Crippen molar-refractivity contribution in [3.63, 3.8) is 0 Å². The molecule has 0 saturated heterocycles. The van der Waals surface area contributed by atoms with Gasteiger partial charge in [0.05, 0.1) is 5.41 Å². The Bertz CT molecular complexity index is 1850. The number of hydrogen-bond donors (Lipinski definition) is 0. The monoisotopic (exact) mass is 621 g/mol. The van der Waals surface area contributed by atoms with Gasteiger partial charge in [0.25, 0.3) is 0 Å². The van der Waals surface area contributed by atoms with Crippen LogP contribution in [-0.2, 0) is 10.8 Å². The molecule has 43 heavy (non-hydrogen) atoms. The Labute approximate surface area is 267 Å². The quantitative estimate of drug-likeness (QED) is 0.210. The van der Waals surface area contributed by atoms with E-state index in [1.165, 1.54) is 61.1 Å². The highest BCUT2D eigenvalue weighted by molar-refractivity contribution is 8.05. The van der Waals surface area contributed by atoms with Crippen LogP contribution in [0.25, 0.3) is 0 Å². The summed E-state index contributed by atoms with van der Waals surface area (Å²) < 4.78 is 4.65. The average molecular weight is 622 g/mol. The van der Waals surface area contributed by atoms with Crippen LogP contribution in [-0.4, -0.2) is 39.8 Å². The minimum Gasteiger partial charge on any atom is -0.343 e. The summed E-state index contributed by atoms with van der Waals surface area (Å²) in [7, 11) is 0. The lowest BCUT2D eigenvalue weighted by molar-refractivity contribution is -0.428. The highest BCUT2D eigenvalue weighted by Crippen LogP contribution is 2.53. The molecule has 7 heteroatoms.